The SMILES string of the molecule is Cc1[nH]c(=O)sc1S(=O)(=O)Nc1cccc(OC(F)F)c1. The average molecular weight is 336 g/mol. The maximum atomic E-state index is 12.1. The molecule has 0 aliphatic carbocycles. The van der Waals surface area contributed by atoms with E-state index in [1.165, 1.54) is 25.1 Å². The molecule has 1 aromatic carbocycles. The lowest BCUT2D eigenvalue weighted by Gasteiger charge is -2.09. The summed E-state index contributed by atoms with van der Waals surface area (Å²) < 4.78 is 54.7. The Labute approximate surface area is 122 Å². The Morgan fingerprint density at radius 2 is 2.10 bits per heavy atom. The van der Waals surface area contributed by atoms with Crippen molar-refractivity contribution in [3.8, 4) is 5.75 Å². The van der Waals surface area contributed by atoms with E-state index < -0.39 is 21.5 Å². The fourth-order valence-corrected chi connectivity index (χ4v) is 3.94. The second-order valence-corrected chi connectivity index (χ2v) is 6.80. The number of alkyl halides is 2. The number of thiazole rings is 1. The molecule has 0 saturated carbocycles. The number of anilines is 1. The van der Waals surface area contributed by atoms with Crippen LogP contribution in [0.2, 0.25) is 0 Å². The van der Waals surface area contributed by atoms with Gasteiger partial charge in [-0.15, -0.1) is 0 Å². The van der Waals surface area contributed by atoms with Crippen molar-refractivity contribution in [2.24, 2.45) is 0 Å². The normalized spacial score (nSPS) is 11.6. The fraction of sp³-hybridized carbons (Fsp3) is 0.182. The number of rotatable bonds is 5. The summed E-state index contributed by atoms with van der Waals surface area (Å²) in [5.41, 5.74) is 0.255. The van der Waals surface area contributed by atoms with Crippen LogP contribution in [0, 0.1) is 6.92 Å². The first-order valence-electron chi connectivity index (χ1n) is 5.55. The molecule has 6 nitrogen and oxygen atoms in total. The number of halogens is 2. The Morgan fingerprint density at radius 1 is 1.38 bits per heavy atom. The smallest absolute Gasteiger partial charge is 0.387 e. The van der Waals surface area contributed by atoms with Crippen LogP contribution in [0.15, 0.2) is 33.3 Å². The van der Waals surface area contributed by atoms with E-state index in [9.17, 15) is 22.0 Å². The van der Waals surface area contributed by atoms with Crippen molar-refractivity contribution in [3.63, 3.8) is 0 Å². The van der Waals surface area contributed by atoms with Gasteiger partial charge in [0.15, 0.2) is 4.21 Å². The van der Waals surface area contributed by atoms with Crippen LogP contribution < -0.4 is 14.3 Å². The van der Waals surface area contributed by atoms with Crippen molar-refractivity contribution in [3.05, 3.63) is 39.6 Å². The van der Waals surface area contributed by atoms with Crippen LogP contribution in [-0.4, -0.2) is 20.0 Å². The molecule has 1 heterocycles. The Bertz CT molecular complexity index is 799. The van der Waals surface area contributed by atoms with Gasteiger partial charge in [0, 0.05) is 11.8 Å². The number of aromatic amines is 1. The minimum absolute atomic E-state index is 0.0494. The molecular formula is C11H10F2N2O4S2. The highest BCUT2D eigenvalue weighted by atomic mass is 32.2. The van der Waals surface area contributed by atoms with Gasteiger partial charge >= 0.3 is 11.5 Å². The predicted molar refractivity (Wildman–Crippen MR) is 73.6 cm³/mol. The predicted octanol–water partition coefficient (Wildman–Crippen LogP) is 2.15. The molecule has 0 amide bonds. The molecule has 1 aromatic heterocycles. The summed E-state index contributed by atoms with van der Waals surface area (Å²) in [5.74, 6) is -0.177. The molecule has 2 aromatic rings. The lowest BCUT2D eigenvalue weighted by Crippen LogP contribution is -2.13. The molecule has 2 rings (SSSR count). The molecule has 21 heavy (non-hydrogen) atoms. The second kappa shape index (κ2) is 5.82. The second-order valence-electron chi connectivity index (χ2n) is 3.94. The topological polar surface area (TPSA) is 88.3 Å². The highest BCUT2D eigenvalue weighted by Gasteiger charge is 2.21. The van der Waals surface area contributed by atoms with Gasteiger partial charge in [-0.1, -0.05) is 17.4 Å². The third-order valence-corrected chi connectivity index (χ3v) is 5.32. The van der Waals surface area contributed by atoms with E-state index in [2.05, 4.69) is 14.4 Å². The summed E-state index contributed by atoms with van der Waals surface area (Å²) >= 11 is 0.543. The molecule has 0 aliphatic rings. The highest BCUT2D eigenvalue weighted by Crippen LogP contribution is 2.24. The van der Waals surface area contributed by atoms with Crippen LogP contribution >= 0.6 is 11.3 Å². The fourth-order valence-electron chi connectivity index (χ4n) is 1.58. The minimum Gasteiger partial charge on any atom is -0.435 e. The summed E-state index contributed by atoms with van der Waals surface area (Å²) in [6.07, 6.45) is 0. The zero-order valence-corrected chi connectivity index (χ0v) is 12.2. The van der Waals surface area contributed by atoms with E-state index in [4.69, 9.17) is 0 Å². The lowest BCUT2D eigenvalue weighted by molar-refractivity contribution is -0.0497. The Hall–Kier alpha value is -1.94. The van der Waals surface area contributed by atoms with E-state index in [0.717, 1.165) is 6.07 Å². The zero-order chi connectivity index (χ0) is 15.6. The van der Waals surface area contributed by atoms with Gasteiger partial charge in [-0.2, -0.15) is 8.78 Å². The van der Waals surface area contributed by atoms with Gasteiger partial charge in [0.25, 0.3) is 10.0 Å². The summed E-state index contributed by atoms with van der Waals surface area (Å²) in [4.78, 5) is 13.0. The molecule has 0 unspecified atom stereocenters. The lowest BCUT2D eigenvalue weighted by atomic mass is 10.3. The van der Waals surface area contributed by atoms with Gasteiger partial charge < -0.3 is 9.72 Å². The van der Waals surface area contributed by atoms with Crippen LogP contribution in [0.3, 0.4) is 0 Å². The van der Waals surface area contributed by atoms with Crippen LogP contribution in [0.25, 0.3) is 0 Å². The van der Waals surface area contributed by atoms with Gasteiger partial charge in [0.1, 0.15) is 5.75 Å². The first-order chi connectivity index (χ1) is 9.78. The number of ether oxygens (including phenoxy) is 1. The number of nitrogens with one attached hydrogen (secondary N) is 2. The summed E-state index contributed by atoms with van der Waals surface area (Å²) in [7, 11) is -3.97. The number of H-pyrrole nitrogens is 1. The van der Waals surface area contributed by atoms with Crippen molar-refractivity contribution in [1.82, 2.24) is 4.98 Å². The molecule has 0 bridgehead atoms. The molecule has 0 saturated heterocycles. The Kier molecular flexibility index (Phi) is 4.28. The average Bonchev–Trinajstić information content (AvgIpc) is 2.68. The summed E-state index contributed by atoms with van der Waals surface area (Å²) in [6.45, 7) is -1.56. The Balaban J connectivity index is 2.29. The molecule has 0 atom stereocenters. The third kappa shape index (κ3) is 3.79. The summed E-state index contributed by atoms with van der Waals surface area (Å²) in [5, 5.41) is 0. The highest BCUT2D eigenvalue weighted by molar-refractivity contribution is 7.94. The van der Waals surface area contributed by atoms with E-state index >= 15 is 0 Å². The first-order valence-corrected chi connectivity index (χ1v) is 7.85. The number of aromatic nitrogens is 1. The minimum atomic E-state index is -3.97. The molecule has 0 fully saturated rings. The number of benzene rings is 1. The Morgan fingerprint density at radius 3 is 2.67 bits per heavy atom. The molecule has 2 N–H and O–H groups in total. The molecule has 10 heteroatoms. The van der Waals surface area contributed by atoms with Crippen molar-refractivity contribution < 1.29 is 21.9 Å². The quantitative estimate of drug-likeness (QED) is 0.876. The van der Waals surface area contributed by atoms with Crippen LogP contribution in [0.4, 0.5) is 14.5 Å². The van der Waals surface area contributed by atoms with Gasteiger partial charge in [-0.3, -0.25) is 9.52 Å². The maximum absolute atomic E-state index is 12.1. The standard InChI is InChI=1S/C11H10F2N2O4S2/c1-6-9(20-11(16)14-6)21(17,18)15-7-3-2-4-8(5-7)19-10(12)13/h2-5,10,15H,1H3,(H,14,16). The van der Waals surface area contributed by atoms with E-state index in [1.54, 1.807) is 0 Å². The molecule has 114 valence electrons. The van der Waals surface area contributed by atoms with Crippen LogP contribution in [-0.2, 0) is 10.0 Å². The van der Waals surface area contributed by atoms with E-state index in [0.29, 0.717) is 11.3 Å². The van der Waals surface area contributed by atoms with Crippen molar-refractivity contribution in [2.45, 2.75) is 17.7 Å². The molecule has 0 radical (unpaired) electrons. The van der Waals surface area contributed by atoms with Crippen molar-refractivity contribution in [1.29, 1.82) is 0 Å². The van der Waals surface area contributed by atoms with Crippen LogP contribution in [0.1, 0.15) is 5.69 Å². The van der Waals surface area contributed by atoms with E-state index in [1.807, 2.05) is 0 Å². The van der Waals surface area contributed by atoms with Crippen molar-refractivity contribution in [2.75, 3.05) is 4.72 Å². The van der Waals surface area contributed by atoms with Gasteiger partial charge in [-0.25, -0.2) is 8.42 Å². The van der Waals surface area contributed by atoms with Crippen molar-refractivity contribution >= 4 is 27.0 Å². The van der Waals surface area contributed by atoms with Gasteiger partial charge in [-0.05, 0) is 19.1 Å². The number of hydrogen-bond donors (Lipinski definition) is 2. The molecule has 0 spiro atoms. The van der Waals surface area contributed by atoms with Gasteiger partial charge in [0.2, 0.25) is 0 Å². The number of hydrogen-bond acceptors (Lipinski definition) is 5. The number of aryl methyl sites for hydroxylation is 1. The van der Waals surface area contributed by atoms with Gasteiger partial charge in [0.05, 0.1) is 5.69 Å². The van der Waals surface area contributed by atoms with E-state index in [-0.39, 0.29) is 21.3 Å². The zero-order valence-electron chi connectivity index (χ0n) is 10.6. The molecule has 0 aliphatic heterocycles. The summed E-state index contributed by atoms with van der Waals surface area (Å²) in [6, 6.07) is 5.13. The maximum Gasteiger partial charge on any atom is 0.387 e. The number of sulfonamides is 1. The third-order valence-electron chi connectivity index (χ3n) is 2.34. The largest absolute Gasteiger partial charge is 0.435 e. The monoisotopic (exact) mass is 336 g/mol. The first kappa shape index (κ1) is 15.4. The van der Waals surface area contributed by atoms with Crippen LogP contribution in [0.5, 0.6) is 5.75 Å². The molecular weight excluding hydrogens is 326 g/mol.